The van der Waals surface area contributed by atoms with Crippen LogP contribution in [-0.2, 0) is 16.3 Å². The van der Waals surface area contributed by atoms with Gasteiger partial charge in [-0.05, 0) is 44.2 Å². The Hall–Kier alpha value is 0.880. The molecule has 0 radical (unpaired) electrons. The molecule has 1 aliphatic carbocycles. The molecule has 0 aliphatic heterocycles. The molecule has 1 aliphatic rings. The highest BCUT2D eigenvalue weighted by molar-refractivity contribution is 8.59. The zero-order chi connectivity index (χ0) is 12.3. The summed E-state index contributed by atoms with van der Waals surface area (Å²) < 4.78 is 5.61. The highest BCUT2D eigenvalue weighted by Gasteiger charge is 2.33. The van der Waals surface area contributed by atoms with Crippen LogP contribution in [0, 0.1) is 11.8 Å². The summed E-state index contributed by atoms with van der Waals surface area (Å²) in [5.41, 5.74) is -2.86. The molecule has 16 heavy (non-hydrogen) atoms. The Labute approximate surface area is 109 Å². The second kappa shape index (κ2) is 6.17. The second-order valence-electron chi connectivity index (χ2n) is 4.97. The van der Waals surface area contributed by atoms with Gasteiger partial charge in [0.15, 0.2) is 0 Å². The lowest BCUT2D eigenvalue weighted by atomic mass is 9.92. The number of nitrogens with zero attached hydrogens (tertiary/aromatic N) is 1. The fourth-order valence-electron chi connectivity index (χ4n) is 2.51. The van der Waals surface area contributed by atoms with Crippen LogP contribution < -0.4 is 0 Å². The number of hydrogen-bond acceptors (Lipinski definition) is 3. The Morgan fingerprint density at radius 2 is 2.19 bits per heavy atom. The summed E-state index contributed by atoms with van der Waals surface area (Å²) in [4.78, 5) is 11.7. The second-order valence-corrected chi connectivity index (χ2v) is 10.1. The minimum absolute atomic E-state index is 0.0147. The molecule has 0 amide bonds. The van der Waals surface area contributed by atoms with Crippen molar-refractivity contribution in [3.05, 3.63) is 0 Å². The van der Waals surface area contributed by atoms with E-state index in [0.717, 1.165) is 6.54 Å². The van der Waals surface area contributed by atoms with Crippen LogP contribution in [0.2, 0.25) is 0 Å². The van der Waals surface area contributed by atoms with E-state index < -0.39 is 5.69 Å². The van der Waals surface area contributed by atoms with Crippen LogP contribution in [0.25, 0.3) is 0 Å². The van der Waals surface area contributed by atoms with Gasteiger partial charge in [-0.2, -0.15) is 0 Å². The van der Waals surface area contributed by atoms with E-state index in [4.69, 9.17) is 16.3 Å². The topological polar surface area (TPSA) is 32.7 Å². The van der Waals surface area contributed by atoms with Crippen molar-refractivity contribution in [3.8, 4) is 0 Å². The van der Waals surface area contributed by atoms with E-state index >= 15 is 0 Å². The average Bonchev–Trinajstić information content (AvgIpc) is 2.46. The minimum atomic E-state index is -2.86. The van der Waals surface area contributed by atoms with E-state index in [1.54, 1.807) is 0 Å². The fourth-order valence-corrected chi connectivity index (χ4v) is 3.78. The maximum atomic E-state index is 9.60. The molecule has 0 aromatic heterocycles. The molecule has 0 aromatic carbocycles. The Balaban J connectivity index is 2.66. The quantitative estimate of drug-likeness (QED) is 0.600. The van der Waals surface area contributed by atoms with Crippen LogP contribution in [0.1, 0.15) is 26.2 Å². The van der Waals surface area contributed by atoms with Gasteiger partial charge >= 0.3 is 0 Å². The maximum absolute atomic E-state index is 9.60. The molecule has 4 atom stereocenters. The molecule has 0 heterocycles. The van der Waals surface area contributed by atoms with E-state index in [9.17, 15) is 4.89 Å². The van der Waals surface area contributed by atoms with Crippen molar-refractivity contribution in [1.82, 2.24) is 4.90 Å². The molecular formula is C10H22NO2PS2. The van der Waals surface area contributed by atoms with Gasteiger partial charge in [-0.3, -0.25) is 0 Å². The lowest BCUT2D eigenvalue weighted by molar-refractivity contribution is 0.0912. The summed E-state index contributed by atoms with van der Waals surface area (Å²) >= 11 is 8.86. The van der Waals surface area contributed by atoms with Gasteiger partial charge in [-0.25, -0.2) is 0 Å². The van der Waals surface area contributed by atoms with Gasteiger partial charge in [-0.15, -0.1) is 0 Å². The van der Waals surface area contributed by atoms with Gasteiger partial charge < -0.3 is 14.3 Å². The Morgan fingerprint density at radius 1 is 1.56 bits per heavy atom. The fraction of sp³-hybridized carbons (Fsp3) is 1.00. The molecule has 6 heteroatoms. The largest absolute Gasteiger partial charge is 0.338 e. The van der Waals surface area contributed by atoms with Gasteiger partial charge in [0.25, 0.3) is 0 Å². The first kappa shape index (κ1) is 14.9. The van der Waals surface area contributed by atoms with Gasteiger partial charge in [0.05, 0.1) is 6.10 Å². The van der Waals surface area contributed by atoms with Gasteiger partial charge in [0.1, 0.15) is 0 Å². The van der Waals surface area contributed by atoms with Crippen LogP contribution >= 0.6 is 17.9 Å². The van der Waals surface area contributed by atoms with Crippen molar-refractivity contribution < 1.29 is 9.42 Å². The highest BCUT2D eigenvalue weighted by Crippen LogP contribution is 2.51. The van der Waals surface area contributed by atoms with E-state index in [1.165, 1.54) is 19.3 Å². The highest BCUT2D eigenvalue weighted by atomic mass is 32.9. The molecule has 2 unspecified atom stereocenters. The molecule has 1 saturated carbocycles. The Bertz CT molecular complexity index is 270. The van der Waals surface area contributed by atoms with Crippen molar-refractivity contribution in [3.63, 3.8) is 0 Å². The van der Waals surface area contributed by atoms with Crippen LogP contribution in [0.4, 0.5) is 0 Å². The van der Waals surface area contributed by atoms with Gasteiger partial charge in [0, 0.05) is 6.54 Å². The molecule has 96 valence electrons. The van der Waals surface area contributed by atoms with Crippen LogP contribution in [-0.4, -0.2) is 36.5 Å². The number of rotatable bonds is 5. The van der Waals surface area contributed by atoms with Crippen molar-refractivity contribution in [2.75, 3.05) is 20.6 Å². The first-order valence-electron chi connectivity index (χ1n) is 5.68. The zero-order valence-corrected chi connectivity index (χ0v) is 12.8. The van der Waals surface area contributed by atoms with Gasteiger partial charge in [0.2, 0.25) is 5.69 Å². The summed E-state index contributed by atoms with van der Waals surface area (Å²) in [5, 5.41) is 0. The normalized spacial score (nSPS) is 31.6. The lowest BCUT2D eigenvalue weighted by Gasteiger charge is -2.30. The minimum Gasteiger partial charge on any atom is -0.338 e. The van der Waals surface area contributed by atoms with E-state index in [0.29, 0.717) is 11.8 Å². The standard InChI is InChI=1S/C10H22NO2PS2/c1-8-5-4-6-9(8)10(7-11(2)3)13-14(12,15)16/h8-10H,4-7H2,1-3H3,(H2,12,15,16)/t8-,9-,10?/m1/s1. The van der Waals surface area contributed by atoms with Gasteiger partial charge in [-0.1, -0.05) is 32.0 Å². The third-order valence-corrected chi connectivity index (χ3v) is 4.31. The van der Waals surface area contributed by atoms with Crippen molar-refractivity contribution in [2.24, 2.45) is 11.8 Å². The van der Waals surface area contributed by atoms with E-state index in [2.05, 4.69) is 24.1 Å². The first-order chi connectivity index (χ1) is 7.29. The molecule has 0 bridgehead atoms. The van der Waals surface area contributed by atoms with Crippen LogP contribution in [0.15, 0.2) is 0 Å². The van der Waals surface area contributed by atoms with Crippen LogP contribution in [0.5, 0.6) is 0 Å². The van der Waals surface area contributed by atoms with Crippen LogP contribution in [0.3, 0.4) is 0 Å². The molecule has 1 rings (SSSR count). The van der Waals surface area contributed by atoms with E-state index in [-0.39, 0.29) is 6.10 Å². The third-order valence-electron chi connectivity index (χ3n) is 3.22. The van der Waals surface area contributed by atoms with Crippen molar-refractivity contribution in [2.45, 2.75) is 32.3 Å². The van der Waals surface area contributed by atoms with E-state index in [1.807, 2.05) is 14.1 Å². The average molecular weight is 283 g/mol. The zero-order valence-electron chi connectivity index (χ0n) is 10.2. The molecule has 3 nitrogen and oxygen atoms in total. The predicted molar refractivity (Wildman–Crippen MR) is 75.4 cm³/mol. The number of hydrogen-bond donors (Lipinski definition) is 2. The van der Waals surface area contributed by atoms with Crippen molar-refractivity contribution in [1.29, 1.82) is 0 Å². The SMILES string of the molecule is C[C@@H]1CCC[C@H]1C(CN(C)C)OP(O)(=S)S. The summed E-state index contributed by atoms with van der Waals surface area (Å²) in [6, 6.07) is 0. The maximum Gasteiger partial charge on any atom is 0.241 e. The first-order valence-corrected chi connectivity index (χ1v) is 9.51. The number of likely N-dealkylation sites (N-methyl/N-ethyl adjacent to an activating group) is 1. The molecular weight excluding hydrogens is 261 g/mol. The predicted octanol–water partition coefficient (Wildman–Crippen LogP) is 2.52. The summed E-state index contributed by atoms with van der Waals surface area (Å²) in [7, 11) is 4.02. The molecule has 0 spiro atoms. The molecule has 1 N–H and O–H groups in total. The Morgan fingerprint density at radius 3 is 2.56 bits per heavy atom. The summed E-state index contributed by atoms with van der Waals surface area (Å²) in [6.45, 7) is 3.05. The smallest absolute Gasteiger partial charge is 0.241 e. The third kappa shape index (κ3) is 5.03. The summed E-state index contributed by atoms with van der Waals surface area (Å²) in [6.07, 6.45) is 3.68. The molecule has 0 saturated heterocycles. The summed E-state index contributed by atoms with van der Waals surface area (Å²) in [5.74, 6) is 1.16. The molecule has 0 aromatic rings. The Kier molecular flexibility index (Phi) is 5.76. The van der Waals surface area contributed by atoms with Crippen molar-refractivity contribution >= 4 is 29.7 Å². The number of thiol groups is 1. The monoisotopic (exact) mass is 283 g/mol. The molecule has 1 fully saturated rings. The lowest BCUT2D eigenvalue weighted by Crippen LogP contribution is -2.35.